The van der Waals surface area contributed by atoms with Crippen LogP contribution in [0.1, 0.15) is 23.8 Å². The first-order valence-corrected chi connectivity index (χ1v) is 7.19. The van der Waals surface area contributed by atoms with Gasteiger partial charge in [-0.3, -0.25) is 4.79 Å². The van der Waals surface area contributed by atoms with E-state index in [0.717, 1.165) is 6.42 Å². The van der Waals surface area contributed by atoms with Crippen LogP contribution in [0.3, 0.4) is 0 Å². The summed E-state index contributed by atoms with van der Waals surface area (Å²) in [5.41, 5.74) is 2.56. The molecule has 1 aromatic heterocycles. The van der Waals surface area contributed by atoms with E-state index in [-0.39, 0.29) is 11.6 Å². The van der Waals surface area contributed by atoms with Crippen LogP contribution in [0.15, 0.2) is 12.1 Å². The highest BCUT2D eigenvalue weighted by atomic mass is 35.5. The normalized spacial score (nSPS) is 12.0. The van der Waals surface area contributed by atoms with Crippen LogP contribution in [-0.4, -0.2) is 28.9 Å². The molecule has 100 valence electrons. The van der Waals surface area contributed by atoms with Gasteiger partial charge in [-0.1, -0.05) is 18.5 Å². The predicted molar refractivity (Wildman–Crippen MR) is 77.0 cm³/mol. The molecule has 0 radical (unpaired) electrons. The molecule has 0 saturated carbocycles. The Morgan fingerprint density at radius 3 is 2.94 bits per heavy atom. The van der Waals surface area contributed by atoms with Crippen molar-refractivity contribution in [1.82, 2.24) is 10.3 Å². The fraction of sp³-hybridized carbons (Fsp3) is 0.455. The number of thioether (sulfide) groups is 1. The Hall–Kier alpha value is -0.980. The monoisotopic (exact) mass is 288 g/mol. The quantitative estimate of drug-likeness (QED) is 0.550. The fourth-order valence-corrected chi connectivity index (χ4v) is 1.82. The molecule has 7 heteroatoms. The van der Waals surface area contributed by atoms with Gasteiger partial charge < -0.3 is 10.7 Å². The van der Waals surface area contributed by atoms with Crippen molar-refractivity contribution in [1.29, 1.82) is 0 Å². The number of carbonyl (C=O) groups is 1. The summed E-state index contributed by atoms with van der Waals surface area (Å²) >= 11 is 7.68. The third-order valence-corrected chi connectivity index (χ3v) is 3.79. The van der Waals surface area contributed by atoms with Crippen molar-refractivity contribution >= 4 is 35.1 Å². The molecule has 4 N–H and O–H groups in total. The van der Waals surface area contributed by atoms with Crippen molar-refractivity contribution in [3.8, 4) is 0 Å². The molecular formula is C11H17ClN4OS. The third-order valence-electron chi connectivity index (χ3n) is 2.45. The number of pyridine rings is 1. The van der Waals surface area contributed by atoms with Gasteiger partial charge in [-0.25, -0.2) is 10.8 Å². The summed E-state index contributed by atoms with van der Waals surface area (Å²) in [7, 11) is 0. The average Bonchev–Trinajstić information content (AvgIpc) is 2.38. The van der Waals surface area contributed by atoms with Crippen molar-refractivity contribution in [2.24, 2.45) is 5.84 Å². The maximum Gasteiger partial charge on any atom is 0.271 e. The zero-order chi connectivity index (χ0) is 13.5. The summed E-state index contributed by atoms with van der Waals surface area (Å²) in [6.45, 7) is 2.71. The van der Waals surface area contributed by atoms with E-state index in [2.05, 4.69) is 22.7 Å². The van der Waals surface area contributed by atoms with Gasteiger partial charge in [0.2, 0.25) is 0 Å². The average molecular weight is 289 g/mol. The van der Waals surface area contributed by atoms with Gasteiger partial charge in [0, 0.05) is 11.8 Å². The predicted octanol–water partition coefficient (Wildman–Crippen LogP) is 1.89. The maximum absolute atomic E-state index is 11.9. The first-order valence-electron chi connectivity index (χ1n) is 5.52. The number of amides is 1. The number of halogens is 1. The van der Waals surface area contributed by atoms with Gasteiger partial charge in [0.05, 0.1) is 5.02 Å². The van der Waals surface area contributed by atoms with E-state index in [0.29, 0.717) is 22.6 Å². The third kappa shape index (κ3) is 4.36. The summed E-state index contributed by atoms with van der Waals surface area (Å²) in [4.78, 5) is 15.9. The largest absolute Gasteiger partial charge is 0.351 e. The second kappa shape index (κ2) is 7.45. The number of nitrogens with zero attached hydrogens (tertiary/aromatic N) is 1. The Balaban J connectivity index is 2.61. The van der Waals surface area contributed by atoms with E-state index >= 15 is 0 Å². The van der Waals surface area contributed by atoms with E-state index in [1.54, 1.807) is 23.9 Å². The van der Waals surface area contributed by atoms with Crippen molar-refractivity contribution in [3.63, 3.8) is 0 Å². The second-order valence-electron chi connectivity index (χ2n) is 3.76. The van der Waals surface area contributed by atoms with Crippen LogP contribution in [0, 0.1) is 0 Å². The van der Waals surface area contributed by atoms with E-state index in [4.69, 9.17) is 17.4 Å². The highest BCUT2D eigenvalue weighted by Crippen LogP contribution is 2.16. The highest BCUT2D eigenvalue weighted by Gasteiger charge is 2.12. The minimum Gasteiger partial charge on any atom is -0.351 e. The molecule has 1 rings (SSSR count). The Morgan fingerprint density at radius 1 is 1.61 bits per heavy atom. The summed E-state index contributed by atoms with van der Waals surface area (Å²) in [6, 6.07) is 3.19. The molecule has 1 amide bonds. The molecule has 18 heavy (non-hydrogen) atoms. The van der Waals surface area contributed by atoms with E-state index in [9.17, 15) is 4.79 Å². The van der Waals surface area contributed by atoms with Crippen molar-refractivity contribution in [2.45, 2.75) is 18.6 Å². The number of hydrogen-bond donors (Lipinski definition) is 3. The number of hydrogen-bond acceptors (Lipinski definition) is 5. The zero-order valence-electron chi connectivity index (χ0n) is 10.4. The number of carbonyl (C=O) groups excluding carboxylic acids is 1. The lowest BCUT2D eigenvalue weighted by Gasteiger charge is -2.10. The number of nitrogens with one attached hydrogen (secondary N) is 2. The smallest absolute Gasteiger partial charge is 0.271 e. The summed E-state index contributed by atoms with van der Waals surface area (Å²) < 4.78 is 0. The molecule has 1 aromatic rings. The van der Waals surface area contributed by atoms with Crippen molar-refractivity contribution < 1.29 is 4.79 Å². The molecule has 5 nitrogen and oxygen atoms in total. The number of nitrogen functional groups attached to an aromatic ring is 1. The molecule has 0 aliphatic heterocycles. The minimum atomic E-state index is -0.287. The molecule has 1 atom stereocenters. The van der Waals surface area contributed by atoms with Crippen LogP contribution < -0.4 is 16.6 Å². The SMILES string of the molecule is CSC(C)CCNC(=O)c1nc(NN)ccc1Cl. The van der Waals surface area contributed by atoms with Gasteiger partial charge in [-0.05, 0) is 24.8 Å². The summed E-state index contributed by atoms with van der Waals surface area (Å²) in [5, 5.41) is 3.60. The Morgan fingerprint density at radius 2 is 2.33 bits per heavy atom. The minimum absolute atomic E-state index is 0.184. The fourth-order valence-electron chi connectivity index (χ4n) is 1.27. The molecule has 1 heterocycles. The van der Waals surface area contributed by atoms with Gasteiger partial charge in [0.25, 0.3) is 5.91 Å². The lowest BCUT2D eigenvalue weighted by Crippen LogP contribution is -2.27. The lowest BCUT2D eigenvalue weighted by atomic mass is 10.3. The molecule has 1 unspecified atom stereocenters. The van der Waals surface area contributed by atoms with Crippen LogP contribution in [0.25, 0.3) is 0 Å². The number of nitrogens with two attached hydrogens (primary N) is 1. The molecule has 0 aromatic carbocycles. The van der Waals surface area contributed by atoms with Crippen molar-refractivity contribution in [3.05, 3.63) is 22.8 Å². The molecular weight excluding hydrogens is 272 g/mol. The topological polar surface area (TPSA) is 80.0 Å². The van der Waals surface area contributed by atoms with Gasteiger partial charge in [0.15, 0.2) is 0 Å². The summed E-state index contributed by atoms with van der Waals surface area (Å²) in [5.74, 6) is 5.35. The number of rotatable bonds is 6. The molecule has 0 aliphatic carbocycles. The van der Waals surface area contributed by atoms with Gasteiger partial charge in [-0.15, -0.1) is 0 Å². The van der Waals surface area contributed by atoms with E-state index in [1.165, 1.54) is 0 Å². The van der Waals surface area contributed by atoms with Crippen LogP contribution in [0.4, 0.5) is 5.82 Å². The number of hydrazine groups is 1. The van der Waals surface area contributed by atoms with E-state index in [1.807, 2.05) is 6.26 Å². The van der Waals surface area contributed by atoms with Crippen LogP contribution in [0.2, 0.25) is 5.02 Å². The second-order valence-corrected chi connectivity index (χ2v) is 5.45. The number of aromatic nitrogens is 1. The molecule has 0 spiro atoms. The first-order chi connectivity index (χ1) is 8.58. The van der Waals surface area contributed by atoms with Gasteiger partial charge in [-0.2, -0.15) is 11.8 Å². The van der Waals surface area contributed by atoms with Crippen LogP contribution in [0.5, 0.6) is 0 Å². The molecule has 0 bridgehead atoms. The summed E-state index contributed by atoms with van der Waals surface area (Å²) in [6.07, 6.45) is 2.95. The Kier molecular flexibility index (Phi) is 6.24. The van der Waals surface area contributed by atoms with Crippen molar-refractivity contribution in [2.75, 3.05) is 18.2 Å². The molecule has 0 fully saturated rings. The lowest BCUT2D eigenvalue weighted by molar-refractivity contribution is 0.0948. The van der Waals surface area contributed by atoms with Gasteiger partial charge in [0.1, 0.15) is 11.5 Å². The molecule has 0 saturated heterocycles. The van der Waals surface area contributed by atoms with Crippen LogP contribution in [-0.2, 0) is 0 Å². The highest BCUT2D eigenvalue weighted by molar-refractivity contribution is 7.99. The zero-order valence-corrected chi connectivity index (χ0v) is 11.9. The Labute approximate surface area is 116 Å². The van der Waals surface area contributed by atoms with Gasteiger partial charge >= 0.3 is 0 Å². The van der Waals surface area contributed by atoms with Crippen LogP contribution >= 0.6 is 23.4 Å². The first kappa shape index (κ1) is 15.1. The van der Waals surface area contributed by atoms with E-state index < -0.39 is 0 Å². The Bertz CT molecular complexity index is 416. The number of anilines is 1. The standard InChI is InChI=1S/C11H17ClN4OS/c1-7(18-2)5-6-14-11(17)10-8(12)3-4-9(15-10)16-13/h3-4,7H,5-6,13H2,1-2H3,(H,14,17)(H,15,16). The molecule has 0 aliphatic rings. The maximum atomic E-state index is 11.9.